The summed E-state index contributed by atoms with van der Waals surface area (Å²) in [6.45, 7) is 1.75. The van der Waals surface area contributed by atoms with Crippen LogP contribution in [0.2, 0.25) is 0 Å². The summed E-state index contributed by atoms with van der Waals surface area (Å²) in [6.07, 6.45) is 2.86. The van der Waals surface area contributed by atoms with Gasteiger partial charge in [-0.1, -0.05) is 12.1 Å². The van der Waals surface area contributed by atoms with Gasteiger partial charge in [-0.25, -0.2) is 9.78 Å². The number of carbonyl (C=O) groups is 1. The zero-order valence-corrected chi connectivity index (χ0v) is 12.5. The first-order valence-corrected chi connectivity index (χ1v) is 7.36. The summed E-state index contributed by atoms with van der Waals surface area (Å²) in [4.78, 5) is 19.7. The van der Waals surface area contributed by atoms with Crippen molar-refractivity contribution in [1.29, 1.82) is 0 Å². The minimum Gasteiger partial charge on any atom is -0.452 e. The number of carbonyl (C=O) groups excluding carboxylic acids is 1. The molecule has 0 bridgehead atoms. The maximum atomic E-state index is 12.4. The molecule has 0 unspecified atom stereocenters. The molecule has 2 heterocycles. The number of alkyl halides is 2. The van der Waals surface area contributed by atoms with Crippen LogP contribution in [0, 0.1) is 0 Å². The molecule has 0 amide bonds. The van der Waals surface area contributed by atoms with Crippen LogP contribution in [0.15, 0.2) is 27.9 Å². The molecule has 22 heavy (non-hydrogen) atoms. The zero-order valence-electron chi connectivity index (χ0n) is 11.7. The number of nitrogens with zero attached hydrogens (tertiary/aromatic N) is 3. The number of esters is 1. The maximum Gasteiger partial charge on any atom is 0.341 e. The van der Waals surface area contributed by atoms with Gasteiger partial charge in [0.2, 0.25) is 0 Å². The van der Waals surface area contributed by atoms with Crippen LogP contribution in [-0.2, 0) is 17.8 Å². The summed E-state index contributed by atoms with van der Waals surface area (Å²) >= 11 is 0.189. The van der Waals surface area contributed by atoms with Gasteiger partial charge in [0.15, 0.2) is 12.4 Å². The number of rotatable bonds is 7. The summed E-state index contributed by atoms with van der Waals surface area (Å²) in [7, 11) is 0. The lowest BCUT2D eigenvalue weighted by Crippen LogP contribution is -2.08. The summed E-state index contributed by atoms with van der Waals surface area (Å²) in [6, 6.07) is 2.84. The molecule has 0 aliphatic heterocycles. The van der Waals surface area contributed by atoms with Crippen molar-refractivity contribution in [2.45, 2.75) is 37.2 Å². The van der Waals surface area contributed by atoms with E-state index in [0.29, 0.717) is 12.2 Å². The number of ether oxygens (including phenoxy) is 1. The second kappa shape index (κ2) is 7.83. The molecule has 0 N–H and O–H groups in total. The molecule has 6 nitrogen and oxygen atoms in total. The molecule has 2 aromatic heterocycles. The summed E-state index contributed by atoms with van der Waals surface area (Å²) in [5.74, 6) is -2.76. The molecular weight excluding hydrogens is 316 g/mol. The van der Waals surface area contributed by atoms with E-state index in [-0.39, 0.29) is 34.8 Å². The quantitative estimate of drug-likeness (QED) is 0.570. The van der Waals surface area contributed by atoms with Crippen molar-refractivity contribution in [3.05, 3.63) is 35.6 Å². The predicted molar refractivity (Wildman–Crippen MR) is 73.5 cm³/mol. The SMILES string of the molecule is CCCc1noc(COC(=O)c2cccnc2SC(F)F)n1. The van der Waals surface area contributed by atoms with E-state index in [4.69, 9.17) is 9.26 Å². The molecule has 0 atom stereocenters. The number of aryl methyl sites for hydroxylation is 1. The van der Waals surface area contributed by atoms with E-state index in [0.717, 1.165) is 6.42 Å². The molecule has 0 aromatic carbocycles. The van der Waals surface area contributed by atoms with E-state index in [1.165, 1.54) is 18.3 Å². The Morgan fingerprint density at radius 2 is 2.32 bits per heavy atom. The number of hydrogen-bond acceptors (Lipinski definition) is 7. The van der Waals surface area contributed by atoms with Crippen LogP contribution in [0.5, 0.6) is 0 Å². The highest BCUT2D eigenvalue weighted by atomic mass is 32.2. The highest BCUT2D eigenvalue weighted by molar-refractivity contribution is 7.99. The van der Waals surface area contributed by atoms with E-state index >= 15 is 0 Å². The Kier molecular flexibility index (Phi) is 5.82. The molecule has 118 valence electrons. The molecule has 0 aliphatic rings. The molecule has 9 heteroatoms. The predicted octanol–water partition coefficient (Wildman–Crippen LogP) is 3.09. The number of thioether (sulfide) groups is 1. The molecule has 0 saturated carbocycles. The molecule has 0 saturated heterocycles. The lowest BCUT2D eigenvalue weighted by Gasteiger charge is -2.06. The van der Waals surface area contributed by atoms with Gasteiger partial charge in [-0.15, -0.1) is 0 Å². The van der Waals surface area contributed by atoms with Gasteiger partial charge in [0.05, 0.1) is 5.56 Å². The van der Waals surface area contributed by atoms with Gasteiger partial charge in [-0.05, 0) is 30.3 Å². The fraction of sp³-hybridized carbons (Fsp3) is 0.385. The van der Waals surface area contributed by atoms with Crippen LogP contribution in [0.25, 0.3) is 0 Å². The summed E-state index contributed by atoms with van der Waals surface area (Å²) < 4.78 is 34.8. The Bertz CT molecular complexity index is 636. The Morgan fingerprint density at radius 3 is 3.05 bits per heavy atom. The molecular formula is C13H13F2N3O3S. The van der Waals surface area contributed by atoms with Crippen molar-refractivity contribution in [2.24, 2.45) is 0 Å². The zero-order chi connectivity index (χ0) is 15.9. The summed E-state index contributed by atoms with van der Waals surface area (Å²) in [5, 5.41) is 3.64. The van der Waals surface area contributed by atoms with Crippen molar-refractivity contribution >= 4 is 17.7 Å². The first kappa shape index (κ1) is 16.3. The van der Waals surface area contributed by atoms with Crippen molar-refractivity contribution in [1.82, 2.24) is 15.1 Å². The monoisotopic (exact) mass is 329 g/mol. The largest absolute Gasteiger partial charge is 0.452 e. The smallest absolute Gasteiger partial charge is 0.341 e. The van der Waals surface area contributed by atoms with Crippen LogP contribution in [0.1, 0.15) is 35.4 Å². The average molecular weight is 329 g/mol. The Morgan fingerprint density at radius 1 is 1.50 bits per heavy atom. The van der Waals surface area contributed by atoms with Crippen molar-refractivity contribution < 1.29 is 22.8 Å². The van der Waals surface area contributed by atoms with E-state index in [1.54, 1.807) is 0 Å². The molecule has 0 radical (unpaired) electrons. The number of hydrogen-bond donors (Lipinski definition) is 0. The fourth-order valence-electron chi connectivity index (χ4n) is 1.60. The third-order valence-corrected chi connectivity index (χ3v) is 3.23. The van der Waals surface area contributed by atoms with Crippen LogP contribution < -0.4 is 0 Å². The van der Waals surface area contributed by atoms with Gasteiger partial charge in [0.1, 0.15) is 5.03 Å². The molecule has 0 fully saturated rings. The highest BCUT2D eigenvalue weighted by Crippen LogP contribution is 2.26. The maximum absolute atomic E-state index is 12.4. The van der Waals surface area contributed by atoms with Crippen LogP contribution in [-0.4, -0.2) is 26.9 Å². The summed E-state index contributed by atoms with van der Waals surface area (Å²) in [5.41, 5.74) is -0.0268. The normalized spacial score (nSPS) is 10.9. The van der Waals surface area contributed by atoms with E-state index < -0.39 is 11.7 Å². The van der Waals surface area contributed by atoms with Gasteiger partial charge < -0.3 is 9.26 Å². The molecule has 0 aliphatic carbocycles. The number of halogens is 2. The first-order valence-electron chi connectivity index (χ1n) is 6.48. The van der Waals surface area contributed by atoms with Crippen LogP contribution in [0.4, 0.5) is 8.78 Å². The Labute approximate surface area is 129 Å². The highest BCUT2D eigenvalue weighted by Gasteiger charge is 2.18. The van der Waals surface area contributed by atoms with Crippen LogP contribution >= 0.6 is 11.8 Å². The topological polar surface area (TPSA) is 78.1 Å². The van der Waals surface area contributed by atoms with E-state index in [1.807, 2.05) is 6.92 Å². The third-order valence-electron chi connectivity index (χ3n) is 2.50. The van der Waals surface area contributed by atoms with Gasteiger partial charge in [0.25, 0.3) is 11.6 Å². The number of aromatic nitrogens is 3. The van der Waals surface area contributed by atoms with Crippen molar-refractivity contribution in [2.75, 3.05) is 0 Å². The Hall–Kier alpha value is -2.03. The van der Waals surface area contributed by atoms with Gasteiger partial charge in [0, 0.05) is 12.6 Å². The van der Waals surface area contributed by atoms with Gasteiger partial charge >= 0.3 is 5.97 Å². The third kappa shape index (κ3) is 4.48. The lowest BCUT2D eigenvalue weighted by molar-refractivity contribution is 0.0424. The molecule has 2 rings (SSSR count). The van der Waals surface area contributed by atoms with Gasteiger partial charge in [-0.2, -0.15) is 13.8 Å². The van der Waals surface area contributed by atoms with Gasteiger partial charge in [-0.3, -0.25) is 0 Å². The molecule has 0 spiro atoms. The minimum atomic E-state index is -2.67. The number of pyridine rings is 1. The second-order valence-electron chi connectivity index (χ2n) is 4.17. The first-order chi connectivity index (χ1) is 10.6. The molecule has 2 aromatic rings. The second-order valence-corrected chi connectivity index (χ2v) is 5.14. The fourth-order valence-corrected chi connectivity index (χ4v) is 2.17. The van der Waals surface area contributed by atoms with E-state index in [2.05, 4.69) is 15.1 Å². The van der Waals surface area contributed by atoms with Crippen molar-refractivity contribution in [3.8, 4) is 0 Å². The van der Waals surface area contributed by atoms with Crippen molar-refractivity contribution in [3.63, 3.8) is 0 Å². The minimum absolute atomic E-state index is 0.0268. The average Bonchev–Trinajstić information content (AvgIpc) is 2.93. The lowest BCUT2D eigenvalue weighted by atomic mass is 10.3. The standard InChI is InChI=1S/C13H13F2N3O3S/c1-2-4-9-17-10(21-18-9)7-20-12(19)8-5-3-6-16-11(8)22-13(14)15/h3,5-6,13H,2,4,7H2,1H3. The van der Waals surface area contributed by atoms with Crippen LogP contribution in [0.3, 0.4) is 0 Å². The van der Waals surface area contributed by atoms with E-state index in [9.17, 15) is 13.6 Å². The Balaban J connectivity index is 1.99.